The summed E-state index contributed by atoms with van der Waals surface area (Å²) in [5.74, 6) is 1.77. The molecule has 0 aromatic heterocycles. The molecule has 2 N–H and O–H groups in total. The van der Waals surface area contributed by atoms with Crippen LogP contribution in [-0.4, -0.2) is 25.1 Å². The normalized spacial score (nSPS) is 10.8. The predicted octanol–water partition coefficient (Wildman–Crippen LogP) is 3.18. The molecule has 1 aromatic carbocycles. The second-order valence-corrected chi connectivity index (χ2v) is 5.04. The first-order valence-electron chi connectivity index (χ1n) is 5.90. The van der Waals surface area contributed by atoms with E-state index in [4.69, 9.17) is 15.2 Å². The van der Waals surface area contributed by atoms with E-state index < -0.39 is 0 Å². The SMILES string of the molecule is CCOc1ccc(N)c(SCCOC(C)C)c1. The van der Waals surface area contributed by atoms with Crippen molar-refractivity contribution in [2.24, 2.45) is 0 Å². The highest BCUT2D eigenvalue weighted by molar-refractivity contribution is 7.99. The van der Waals surface area contributed by atoms with E-state index in [1.165, 1.54) is 0 Å². The van der Waals surface area contributed by atoms with Crippen molar-refractivity contribution < 1.29 is 9.47 Å². The maximum Gasteiger partial charge on any atom is 0.120 e. The molecule has 1 rings (SSSR count). The van der Waals surface area contributed by atoms with Crippen LogP contribution in [0, 0.1) is 0 Å². The van der Waals surface area contributed by atoms with Crippen molar-refractivity contribution in [3.8, 4) is 5.75 Å². The Balaban J connectivity index is 2.48. The summed E-state index contributed by atoms with van der Waals surface area (Å²) in [6, 6.07) is 5.77. The Labute approximate surface area is 108 Å². The highest BCUT2D eigenvalue weighted by Gasteiger charge is 2.03. The molecule has 0 unspecified atom stereocenters. The van der Waals surface area contributed by atoms with Crippen molar-refractivity contribution in [2.45, 2.75) is 31.8 Å². The molecule has 4 heteroatoms. The lowest BCUT2D eigenvalue weighted by Crippen LogP contribution is -2.05. The lowest BCUT2D eigenvalue weighted by atomic mass is 10.3. The van der Waals surface area contributed by atoms with Gasteiger partial charge in [0.2, 0.25) is 0 Å². The molecule has 0 amide bonds. The Bertz CT molecular complexity index is 342. The van der Waals surface area contributed by atoms with Gasteiger partial charge in [0.15, 0.2) is 0 Å². The van der Waals surface area contributed by atoms with Crippen LogP contribution < -0.4 is 10.5 Å². The number of nitrogens with two attached hydrogens (primary N) is 1. The largest absolute Gasteiger partial charge is 0.494 e. The van der Waals surface area contributed by atoms with Crippen LogP contribution in [0.2, 0.25) is 0 Å². The number of rotatable bonds is 7. The van der Waals surface area contributed by atoms with Crippen molar-refractivity contribution >= 4 is 17.4 Å². The fraction of sp³-hybridized carbons (Fsp3) is 0.538. The smallest absolute Gasteiger partial charge is 0.120 e. The van der Waals surface area contributed by atoms with E-state index >= 15 is 0 Å². The molecule has 0 atom stereocenters. The third kappa shape index (κ3) is 5.33. The lowest BCUT2D eigenvalue weighted by Gasteiger charge is -2.10. The molecule has 0 heterocycles. The van der Waals surface area contributed by atoms with Crippen molar-refractivity contribution in [2.75, 3.05) is 24.7 Å². The lowest BCUT2D eigenvalue weighted by molar-refractivity contribution is 0.0920. The maximum absolute atomic E-state index is 5.91. The summed E-state index contributed by atoms with van der Waals surface area (Å²) in [5.41, 5.74) is 6.70. The molecule has 0 fully saturated rings. The average Bonchev–Trinajstić information content (AvgIpc) is 2.28. The fourth-order valence-corrected chi connectivity index (χ4v) is 2.17. The van der Waals surface area contributed by atoms with Gasteiger partial charge in [-0.3, -0.25) is 0 Å². The van der Waals surface area contributed by atoms with Gasteiger partial charge in [-0.15, -0.1) is 11.8 Å². The Hall–Kier alpha value is -0.870. The number of anilines is 1. The molecule has 1 aromatic rings. The van der Waals surface area contributed by atoms with E-state index in [9.17, 15) is 0 Å². The number of nitrogen functional groups attached to an aromatic ring is 1. The molecule has 0 saturated heterocycles. The highest BCUT2D eigenvalue weighted by Crippen LogP contribution is 2.29. The molecular weight excluding hydrogens is 234 g/mol. The Kier molecular flexibility index (Phi) is 6.22. The molecule has 0 saturated carbocycles. The third-order valence-electron chi connectivity index (χ3n) is 2.09. The number of benzene rings is 1. The summed E-state index contributed by atoms with van der Waals surface area (Å²) >= 11 is 1.70. The van der Waals surface area contributed by atoms with E-state index in [1.54, 1.807) is 11.8 Å². The first-order valence-corrected chi connectivity index (χ1v) is 6.88. The number of hydrogen-bond acceptors (Lipinski definition) is 4. The summed E-state index contributed by atoms with van der Waals surface area (Å²) < 4.78 is 10.9. The van der Waals surface area contributed by atoms with Crippen LogP contribution in [-0.2, 0) is 4.74 Å². The van der Waals surface area contributed by atoms with Gasteiger partial charge in [0, 0.05) is 16.3 Å². The van der Waals surface area contributed by atoms with Crippen molar-refractivity contribution in [3.63, 3.8) is 0 Å². The first-order chi connectivity index (χ1) is 8.13. The number of thioether (sulfide) groups is 1. The van der Waals surface area contributed by atoms with Crippen molar-refractivity contribution in [1.29, 1.82) is 0 Å². The van der Waals surface area contributed by atoms with Crippen LogP contribution in [0.25, 0.3) is 0 Å². The van der Waals surface area contributed by atoms with E-state index in [0.717, 1.165) is 28.7 Å². The maximum atomic E-state index is 5.91. The molecule has 96 valence electrons. The molecule has 0 aliphatic heterocycles. The summed E-state index contributed by atoms with van der Waals surface area (Å²) in [6.45, 7) is 7.45. The van der Waals surface area contributed by atoms with Crippen molar-refractivity contribution in [3.05, 3.63) is 18.2 Å². The van der Waals surface area contributed by atoms with Gasteiger partial charge in [-0.2, -0.15) is 0 Å². The molecule has 0 bridgehead atoms. The van der Waals surface area contributed by atoms with Gasteiger partial charge in [-0.1, -0.05) is 0 Å². The topological polar surface area (TPSA) is 44.5 Å². The summed E-state index contributed by atoms with van der Waals surface area (Å²) in [4.78, 5) is 1.06. The zero-order valence-electron chi connectivity index (χ0n) is 10.7. The van der Waals surface area contributed by atoms with Gasteiger partial charge in [-0.05, 0) is 39.0 Å². The van der Waals surface area contributed by atoms with Gasteiger partial charge in [0.25, 0.3) is 0 Å². The van der Waals surface area contributed by atoms with Gasteiger partial charge < -0.3 is 15.2 Å². The number of hydrogen-bond donors (Lipinski definition) is 1. The van der Waals surface area contributed by atoms with E-state index in [0.29, 0.717) is 6.61 Å². The van der Waals surface area contributed by atoms with E-state index in [-0.39, 0.29) is 6.10 Å². The van der Waals surface area contributed by atoms with Gasteiger partial charge in [0.1, 0.15) is 5.75 Å². The van der Waals surface area contributed by atoms with Crippen LogP contribution in [0.1, 0.15) is 20.8 Å². The third-order valence-corrected chi connectivity index (χ3v) is 3.12. The summed E-state index contributed by atoms with van der Waals surface area (Å²) in [5, 5.41) is 0. The fourth-order valence-electron chi connectivity index (χ4n) is 1.33. The van der Waals surface area contributed by atoms with Crippen LogP contribution in [0.3, 0.4) is 0 Å². The second-order valence-electron chi connectivity index (χ2n) is 3.90. The van der Waals surface area contributed by atoms with Crippen LogP contribution in [0.15, 0.2) is 23.1 Å². The monoisotopic (exact) mass is 255 g/mol. The second kappa shape index (κ2) is 7.45. The standard InChI is InChI=1S/C13H21NO2S/c1-4-15-11-5-6-12(14)13(9-11)17-8-7-16-10(2)3/h5-6,9-10H,4,7-8,14H2,1-3H3. The van der Waals surface area contributed by atoms with E-state index in [2.05, 4.69) is 0 Å². The summed E-state index contributed by atoms with van der Waals surface area (Å²) in [6.07, 6.45) is 0.280. The molecule has 0 radical (unpaired) electrons. The van der Waals surface area contributed by atoms with Crippen molar-refractivity contribution in [1.82, 2.24) is 0 Å². The molecule has 17 heavy (non-hydrogen) atoms. The molecular formula is C13H21NO2S. The minimum atomic E-state index is 0.280. The zero-order chi connectivity index (χ0) is 12.7. The van der Waals surface area contributed by atoms with Gasteiger partial charge >= 0.3 is 0 Å². The zero-order valence-corrected chi connectivity index (χ0v) is 11.5. The Morgan fingerprint density at radius 3 is 2.76 bits per heavy atom. The average molecular weight is 255 g/mol. The summed E-state index contributed by atoms with van der Waals surface area (Å²) in [7, 11) is 0. The Morgan fingerprint density at radius 2 is 2.12 bits per heavy atom. The van der Waals surface area contributed by atoms with E-state index in [1.807, 2.05) is 39.0 Å². The van der Waals surface area contributed by atoms with Gasteiger partial charge in [0.05, 0.1) is 19.3 Å². The van der Waals surface area contributed by atoms with Crippen LogP contribution in [0.4, 0.5) is 5.69 Å². The first kappa shape index (κ1) is 14.2. The molecule has 0 aliphatic carbocycles. The number of ether oxygens (including phenoxy) is 2. The van der Waals surface area contributed by atoms with Crippen LogP contribution >= 0.6 is 11.8 Å². The molecule has 3 nitrogen and oxygen atoms in total. The molecule has 0 spiro atoms. The Morgan fingerprint density at radius 1 is 1.35 bits per heavy atom. The predicted molar refractivity (Wildman–Crippen MR) is 73.8 cm³/mol. The minimum Gasteiger partial charge on any atom is -0.494 e. The quantitative estimate of drug-likeness (QED) is 0.462. The highest BCUT2D eigenvalue weighted by atomic mass is 32.2. The molecule has 0 aliphatic rings. The van der Waals surface area contributed by atoms with Gasteiger partial charge in [-0.25, -0.2) is 0 Å². The van der Waals surface area contributed by atoms with Crippen LogP contribution in [0.5, 0.6) is 5.75 Å². The minimum absolute atomic E-state index is 0.280.